The summed E-state index contributed by atoms with van der Waals surface area (Å²) in [4.78, 5) is 7.79. The second kappa shape index (κ2) is 16.1. The highest BCUT2D eigenvalue weighted by atomic mass is 32.1. The predicted octanol–water partition coefficient (Wildman–Crippen LogP) is 16.9. The van der Waals surface area contributed by atoms with Gasteiger partial charge in [-0.15, -0.1) is 11.3 Å². The van der Waals surface area contributed by atoms with Crippen molar-refractivity contribution in [3.63, 3.8) is 0 Å². The Labute approximate surface area is 377 Å². The summed E-state index contributed by atoms with van der Waals surface area (Å²) in [5.41, 5.74) is 14.1. The van der Waals surface area contributed by atoms with Gasteiger partial charge < -0.3 is 4.90 Å². The number of anilines is 3. The van der Waals surface area contributed by atoms with Crippen LogP contribution in [0, 0.1) is 0 Å². The summed E-state index contributed by atoms with van der Waals surface area (Å²) in [6.45, 7) is 0. The van der Waals surface area contributed by atoms with Crippen LogP contribution in [0.3, 0.4) is 0 Å². The number of aromatic nitrogens is 1. The minimum Gasteiger partial charge on any atom is -0.310 e. The molecule has 0 saturated heterocycles. The average Bonchev–Trinajstić information content (AvgIpc) is 3.74. The highest BCUT2D eigenvalue weighted by Crippen LogP contribution is 2.45. The molecule has 0 aliphatic rings. The van der Waals surface area contributed by atoms with Crippen LogP contribution in [0.2, 0.25) is 0 Å². The summed E-state index contributed by atoms with van der Waals surface area (Å²) in [5, 5.41) is 8.67. The molecule has 302 valence electrons. The van der Waals surface area contributed by atoms with Crippen LogP contribution in [0.15, 0.2) is 231 Å². The summed E-state index contributed by atoms with van der Waals surface area (Å²) >= 11 is 1.88. The van der Waals surface area contributed by atoms with Crippen molar-refractivity contribution in [1.82, 2.24) is 4.98 Å². The van der Waals surface area contributed by atoms with Crippen LogP contribution in [-0.2, 0) is 12.8 Å². The summed E-state index contributed by atoms with van der Waals surface area (Å²) < 4.78 is 2.62. The molecule has 10 aromatic carbocycles. The molecule has 0 bridgehead atoms. The molecule has 0 amide bonds. The number of pyridine rings is 1. The molecule has 0 saturated carbocycles. The summed E-state index contributed by atoms with van der Waals surface area (Å²) in [5.74, 6) is 0. The second-order valence-corrected chi connectivity index (χ2v) is 17.7. The van der Waals surface area contributed by atoms with Crippen molar-refractivity contribution in [1.29, 1.82) is 0 Å². The summed E-state index contributed by atoms with van der Waals surface area (Å²) in [7, 11) is 0. The molecule has 0 N–H and O–H groups in total. The number of benzene rings is 10. The quantitative estimate of drug-likeness (QED) is 0.135. The zero-order valence-corrected chi connectivity index (χ0v) is 36.0. The molecule has 0 unspecified atom stereocenters. The number of hydrogen-bond acceptors (Lipinski definition) is 3. The number of nitrogens with zero attached hydrogens (tertiary/aromatic N) is 2. The van der Waals surface area contributed by atoms with Crippen molar-refractivity contribution < 1.29 is 0 Å². The zero-order chi connectivity index (χ0) is 42.4. The number of fused-ring (bicyclic) bond motifs is 8. The molecule has 2 aromatic heterocycles. The summed E-state index contributed by atoms with van der Waals surface area (Å²) in [6, 6.07) is 84.1. The van der Waals surface area contributed by atoms with E-state index in [9.17, 15) is 0 Å². The van der Waals surface area contributed by atoms with Crippen LogP contribution in [-0.4, -0.2) is 4.98 Å². The molecule has 0 aliphatic heterocycles. The fourth-order valence-electron chi connectivity index (χ4n) is 9.67. The molecule has 0 spiro atoms. The Kier molecular flexibility index (Phi) is 9.54. The van der Waals surface area contributed by atoms with Gasteiger partial charge in [-0.2, -0.15) is 0 Å². The van der Waals surface area contributed by atoms with Gasteiger partial charge in [-0.05, 0) is 106 Å². The van der Waals surface area contributed by atoms with Gasteiger partial charge in [0.1, 0.15) is 0 Å². The molecule has 12 aromatic rings. The maximum Gasteiger partial charge on any atom is 0.0788 e. The molecule has 2 heterocycles. The van der Waals surface area contributed by atoms with Crippen LogP contribution in [0.25, 0.3) is 75.0 Å². The summed E-state index contributed by atoms with van der Waals surface area (Å²) in [6.07, 6.45) is 1.68. The van der Waals surface area contributed by atoms with Gasteiger partial charge in [-0.3, -0.25) is 0 Å². The van der Waals surface area contributed by atoms with Gasteiger partial charge in [0.15, 0.2) is 0 Å². The molecule has 3 heteroatoms. The minimum absolute atomic E-state index is 0.807. The molecular formula is C61H42N2S. The maximum absolute atomic E-state index is 5.37. The van der Waals surface area contributed by atoms with E-state index in [1.807, 2.05) is 11.3 Å². The van der Waals surface area contributed by atoms with E-state index in [1.54, 1.807) is 0 Å². The third-order valence-electron chi connectivity index (χ3n) is 12.7. The normalized spacial score (nSPS) is 11.6. The Morgan fingerprint density at radius 2 is 0.984 bits per heavy atom. The van der Waals surface area contributed by atoms with E-state index in [0.717, 1.165) is 46.7 Å². The van der Waals surface area contributed by atoms with Gasteiger partial charge >= 0.3 is 0 Å². The van der Waals surface area contributed by atoms with Crippen LogP contribution >= 0.6 is 11.3 Å². The minimum atomic E-state index is 0.807. The van der Waals surface area contributed by atoms with Gasteiger partial charge in [-0.1, -0.05) is 182 Å². The number of hydrogen-bond donors (Lipinski definition) is 0. The predicted molar refractivity (Wildman–Crippen MR) is 274 cm³/mol. The lowest BCUT2D eigenvalue weighted by molar-refractivity contribution is 1.16. The van der Waals surface area contributed by atoms with Crippen molar-refractivity contribution in [2.75, 3.05) is 4.90 Å². The first-order valence-corrected chi connectivity index (χ1v) is 22.8. The van der Waals surface area contributed by atoms with Crippen LogP contribution < -0.4 is 4.90 Å². The van der Waals surface area contributed by atoms with E-state index in [2.05, 4.69) is 235 Å². The standard InChI is InChI=1S/C61H42N2S/c1-3-15-41(16-4-1)37-46-21-9-10-22-51(46)52-34-33-50(40-47(52)38-42-17-5-2-6-18-42)63(49-32-27-43-19-7-8-20-45(43)39-49)48-30-28-44(29-31-48)60-56-36-35-54-53-23-12-14-26-58(53)64-61(54)59(56)55-24-11-13-25-57(55)62-60/h1-36,39-40H,37-38H2. The molecule has 12 rings (SSSR count). The van der Waals surface area contributed by atoms with Crippen LogP contribution in [0.4, 0.5) is 17.1 Å². The van der Waals surface area contributed by atoms with Gasteiger partial charge in [-0.25, -0.2) is 4.98 Å². The Bertz CT molecular complexity index is 3670. The lowest BCUT2D eigenvalue weighted by Gasteiger charge is -2.27. The number of para-hydroxylation sites is 1. The second-order valence-electron chi connectivity index (χ2n) is 16.7. The van der Waals surface area contributed by atoms with E-state index < -0.39 is 0 Å². The van der Waals surface area contributed by atoms with Gasteiger partial charge in [0.05, 0.1) is 11.2 Å². The van der Waals surface area contributed by atoms with Gasteiger partial charge in [0.2, 0.25) is 0 Å². The third kappa shape index (κ3) is 6.88. The largest absolute Gasteiger partial charge is 0.310 e. The molecule has 0 atom stereocenters. The van der Waals surface area contributed by atoms with Crippen molar-refractivity contribution in [2.24, 2.45) is 0 Å². The van der Waals surface area contributed by atoms with Gasteiger partial charge in [0.25, 0.3) is 0 Å². The van der Waals surface area contributed by atoms with E-state index in [1.165, 1.54) is 80.5 Å². The molecule has 0 fully saturated rings. The highest BCUT2D eigenvalue weighted by Gasteiger charge is 2.20. The lowest BCUT2D eigenvalue weighted by atomic mass is 9.89. The topological polar surface area (TPSA) is 16.1 Å². The van der Waals surface area contributed by atoms with Crippen molar-refractivity contribution >= 4 is 81.0 Å². The van der Waals surface area contributed by atoms with E-state index in [-0.39, 0.29) is 0 Å². The van der Waals surface area contributed by atoms with Gasteiger partial charge in [0, 0.05) is 59.0 Å². The monoisotopic (exact) mass is 834 g/mol. The molecule has 0 aliphatic carbocycles. The average molecular weight is 835 g/mol. The third-order valence-corrected chi connectivity index (χ3v) is 13.9. The van der Waals surface area contributed by atoms with E-state index in [4.69, 9.17) is 4.98 Å². The number of thiophene rings is 1. The smallest absolute Gasteiger partial charge is 0.0788 e. The highest BCUT2D eigenvalue weighted by molar-refractivity contribution is 7.26. The van der Waals surface area contributed by atoms with Crippen molar-refractivity contribution in [3.8, 4) is 22.4 Å². The Hall–Kier alpha value is -7.85. The SMILES string of the molecule is c1ccc(Cc2ccccc2-c2ccc(N(c3ccc(-c4nc5ccccc5c5c4ccc4c6ccccc6sc45)cc3)c3ccc4ccccc4c3)cc2Cc2ccccc2)cc1. The fraction of sp³-hybridized carbons (Fsp3) is 0.0328. The molecular weight excluding hydrogens is 793 g/mol. The maximum atomic E-state index is 5.37. The Morgan fingerprint density at radius 3 is 1.80 bits per heavy atom. The first-order valence-electron chi connectivity index (χ1n) is 22.0. The van der Waals surface area contributed by atoms with Crippen LogP contribution in [0.1, 0.15) is 22.3 Å². The Balaban J connectivity index is 1.01. The van der Waals surface area contributed by atoms with Crippen LogP contribution in [0.5, 0.6) is 0 Å². The lowest BCUT2D eigenvalue weighted by Crippen LogP contribution is -2.11. The zero-order valence-electron chi connectivity index (χ0n) is 35.2. The fourth-order valence-corrected chi connectivity index (χ4v) is 10.9. The van der Waals surface area contributed by atoms with E-state index in [0.29, 0.717) is 0 Å². The molecule has 0 radical (unpaired) electrons. The molecule has 64 heavy (non-hydrogen) atoms. The van der Waals surface area contributed by atoms with E-state index >= 15 is 0 Å². The number of rotatable bonds is 9. The Morgan fingerprint density at radius 1 is 0.391 bits per heavy atom. The van der Waals surface area contributed by atoms with Crippen molar-refractivity contribution in [2.45, 2.75) is 12.8 Å². The molecule has 2 nitrogen and oxygen atoms in total. The van der Waals surface area contributed by atoms with Crippen molar-refractivity contribution in [3.05, 3.63) is 253 Å². The first-order chi connectivity index (χ1) is 31.7. The first kappa shape index (κ1) is 37.9.